The van der Waals surface area contributed by atoms with Gasteiger partial charge in [0.2, 0.25) is 0 Å². The highest BCUT2D eigenvalue weighted by Gasteiger charge is 2.41. The van der Waals surface area contributed by atoms with E-state index in [-0.39, 0.29) is 5.54 Å². The first-order valence-electron chi connectivity index (χ1n) is 8.18. The van der Waals surface area contributed by atoms with Gasteiger partial charge in [-0.05, 0) is 50.5 Å². The molecule has 4 atom stereocenters. The molecule has 0 radical (unpaired) electrons. The zero-order chi connectivity index (χ0) is 13.9. The molecule has 0 aromatic carbocycles. The number of nitrogens with zero attached hydrogens (tertiary/aromatic N) is 1. The van der Waals surface area contributed by atoms with Crippen molar-refractivity contribution in [1.29, 1.82) is 0 Å². The Morgan fingerprint density at radius 1 is 1.26 bits per heavy atom. The number of hydrogen-bond donors (Lipinski definition) is 1. The highest BCUT2D eigenvalue weighted by Crippen LogP contribution is 2.39. The van der Waals surface area contributed by atoms with Crippen molar-refractivity contribution in [3.05, 3.63) is 0 Å². The fourth-order valence-corrected chi connectivity index (χ4v) is 3.98. The molecule has 0 aromatic heterocycles. The SMILES string of the molecule is CCN(CC1CCCO1)C1(CN)CCC(C)C(C)C1. The summed E-state index contributed by atoms with van der Waals surface area (Å²) in [5, 5.41) is 0. The van der Waals surface area contributed by atoms with Crippen LogP contribution in [0, 0.1) is 11.8 Å². The first kappa shape index (κ1) is 15.3. The molecule has 19 heavy (non-hydrogen) atoms. The van der Waals surface area contributed by atoms with Crippen LogP contribution >= 0.6 is 0 Å². The van der Waals surface area contributed by atoms with E-state index in [4.69, 9.17) is 10.5 Å². The molecule has 4 unspecified atom stereocenters. The summed E-state index contributed by atoms with van der Waals surface area (Å²) in [5.74, 6) is 1.64. The third kappa shape index (κ3) is 3.32. The van der Waals surface area contributed by atoms with Crippen molar-refractivity contribution in [2.24, 2.45) is 17.6 Å². The second kappa shape index (κ2) is 6.55. The van der Waals surface area contributed by atoms with Gasteiger partial charge in [0.1, 0.15) is 0 Å². The molecule has 1 heterocycles. The second-order valence-corrected chi connectivity index (χ2v) is 6.80. The van der Waals surface area contributed by atoms with Crippen LogP contribution in [0.5, 0.6) is 0 Å². The van der Waals surface area contributed by atoms with E-state index in [0.717, 1.165) is 38.1 Å². The molecule has 0 amide bonds. The molecular formula is C16H32N2O. The molecule has 3 nitrogen and oxygen atoms in total. The van der Waals surface area contributed by atoms with Crippen LogP contribution < -0.4 is 5.73 Å². The summed E-state index contributed by atoms with van der Waals surface area (Å²) in [4.78, 5) is 2.63. The highest BCUT2D eigenvalue weighted by molar-refractivity contribution is 4.98. The van der Waals surface area contributed by atoms with Crippen LogP contribution in [0.1, 0.15) is 52.9 Å². The molecule has 2 N–H and O–H groups in total. The summed E-state index contributed by atoms with van der Waals surface area (Å²) in [7, 11) is 0. The lowest BCUT2D eigenvalue weighted by molar-refractivity contribution is -0.0126. The molecular weight excluding hydrogens is 236 g/mol. The number of rotatable bonds is 5. The largest absolute Gasteiger partial charge is 0.377 e. The summed E-state index contributed by atoms with van der Waals surface area (Å²) in [6.45, 7) is 11.0. The van der Waals surface area contributed by atoms with Crippen molar-refractivity contribution in [2.45, 2.75) is 64.5 Å². The van der Waals surface area contributed by atoms with Crippen LogP contribution in [0.25, 0.3) is 0 Å². The monoisotopic (exact) mass is 268 g/mol. The van der Waals surface area contributed by atoms with Gasteiger partial charge in [0.15, 0.2) is 0 Å². The van der Waals surface area contributed by atoms with Gasteiger partial charge in [0.25, 0.3) is 0 Å². The highest BCUT2D eigenvalue weighted by atomic mass is 16.5. The average Bonchev–Trinajstić information content (AvgIpc) is 2.92. The van der Waals surface area contributed by atoms with Crippen molar-refractivity contribution < 1.29 is 4.74 Å². The van der Waals surface area contributed by atoms with Crippen LogP contribution in [-0.4, -0.2) is 42.8 Å². The zero-order valence-electron chi connectivity index (χ0n) is 13.0. The maximum atomic E-state index is 6.21. The fourth-order valence-electron chi connectivity index (χ4n) is 3.98. The molecule has 112 valence electrons. The Bertz CT molecular complexity index is 278. The maximum absolute atomic E-state index is 6.21. The molecule has 3 heteroatoms. The molecule has 1 saturated carbocycles. The van der Waals surface area contributed by atoms with E-state index in [2.05, 4.69) is 25.7 Å². The molecule has 2 fully saturated rings. The summed E-state index contributed by atoms with van der Waals surface area (Å²) >= 11 is 0. The topological polar surface area (TPSA) is 38.5 Å². The molecule has 0 aromatic rings. The Morgan fingerprint density at radius 3 is 2.58 bits per heavy atom. The molecule has 0 spiro atoms. The lowest BCUT2D eigenvalue weighted by Gasteiger charge is -2.50. The molecule has 2 aliphatic rings. The third-order valence-electron chi connectivity index (χ3n) is 5.62. The molecule has 0 bridgehead atoms. The van der Waals surface area contributed by atoms with Crippen LogP contribution in [0.15, 0.2) is 0 Å². The van der Waals surface area contributed by atoms with E-state index < -0.39 is 0 Å². The van der Waals surface area contributed by atoms with E-state index in [1.54, 1.807) is 0 Å². The van der Waals surface area contributed by atoms with Crippen molar-refractivity contribution in [2.75, 3.05) is 26.2 Å². The Morgan fingerprint density at radius 2 is 2.05 bits per heavy atom. The fraction of sp³-hybridized carbons (Fsp3) is 1.00. The van der Waals surface area contributed by atoms with Gasteiger partial charge in [-0.25, -0.2) is 0 Å². The van der Waals surface area contributed by atoms with Crippen LogP contribution in [0.3, 0.4) is 0 Å². The van der Waals surface area contributed by atoms with Crippen molar-refractivity contribution in [3.63, 3.8) is 0 Å². The summed E-state index contributed by atoms with van der Waals surface area (Å²) < 4.78 is 5.83. The summed E-state index contributed by atoms with van der Waals surface area (Å²) in [6.07, 6.45) is 6.73. The Balaban J connectivity index is 2.04. The van der Waals surface area contributed by atoms with E-state index in [0.29, 0.717) is 6.10 Å². The Kier molecular flexibility index (Phi) is 5.27. The Labute approximate surface area is 118 Å². The van der Waals surface area contributed by atoms with Gasteiger partial charge >= 0.3 is 0 Å². The van der Waals surface area contributed by atoms with E-state index in [9.17, 15) is 0 Å². The minimum atomic E-state index is 0.229. The predicted octanol–water partition coefficient (Wildman–Crippen LogP) is 2.64. The molecule has 2 rings (SSSR count). The minimum Gasteiger partial charge on any atom is -0.377 e. The van der Waals surface area contributed by atoms with Gasteiger partial charge in [-0.1, -0.05) is 20.8 Å². The average molecular weight is 268 g/mol. The third-order valence-corrected chi connectivity index (χ3v) is 5.62. The van der Waals surface area contributed by atoms with Gasteiger partial charge in [-0.15, -0.1) is 0 Å². The lowest BCUT2D eigenvalue weighted by atomic mass is 9.70. The Hall–Kier alpha value is -0.120. The van der Waals surface area contributed by atoms with Crippen molar-refractivity contribution in [1.82, 2.24) is 4.90 Å². The van der Waals surface area contributed by atoms with Gasteiger partial charge in [-0.2, -0.15) is 0 Å². The number of nitrogens with two attached hydrogens (primary N) is 1. The normalized spacial score (nSPS) is 39.9. The van der Waals surface area contributed by atoms with Crippen molar-refractivity contribution >= 4 is 0 Å². The van der Waals surface area contributed by atoms with Crippen LogP contribution in [0.4, 0.5) is 0 Å². The van der Waals surface area contributed by atoms with Gasteiger partial charge in [0.05, 0.1) is 6.10 Å². The van der Waals surface area contributed by atoms with E-state index in [1.165, 1.54) is 32.1 Å². The predicted molar refractivity (Wildman–Crippen MR) is 80.2 cm³/mol. The van der Waals surface area contributed by atoms with Crippen LogP contribution in [0.2, 0.25) is 0 Å². The first-order valence-corrected chi connectivity index (χ1v) is 8.18. The molecule has 1 aliphatic carbocycles. The quantitative estimate of drug-likeness (QED) is 0.833. The summed E-state index contributed by atoms with van der Waals surface area (Å²) in [5.41, 5.74) is 6.44. The zero-order valence-corrected chi connectivity index (χ0v) is 13.0. The smallest absolute Gasteiger partial charge is 0.0703 e. The number of ether oxygens (including phenoxy) is 1. The summed E-state index contributed by atoms with van der Waals surface area (Å²) in [6, 6.07) is 0. The van der Waals surface area contributed by atoms with Gasteiger partial charge in [-0.3, -0.25) is 4.90 Å². The van der Waals surface area contributed by atoms with Crippen molar-refractivity contribution in [3.8, 4) is 0 Å². The van der Waals surface area contributed by atoms with Crippen LogP contribution in [-0.2, 0) is 4.74 Å². The van der Waals surface area contributed by atoms with E-state index >= 15 is 0 Å². The van der Waals surface area contributed by atoms with Gasteiger partial charge in [0, 0.05) is 25.2 Å². The van der Waals surface area contributed by atoms with E-state index in [1.807, 2.05) is 0 Å². The lowest BCUT2D eigenvalue weighted by Crippen LogP contribution is -2.58. The van der Waals surface area contributed by atoms with Gasteiger partial charge < -0.3 is 10.5 Å². The molecule has 1 saturated heterocycles. The maximum Gasteiger partial charge on any atom is 0.0703 e. The number of hydrogen-bond acceptors (Lipinski definition) is 3. The number of likely N-dealkylation sites (N-methyl/N-ethyl adjacent to an activating group) is 1. The second-order valence-electron chi connectivity index (χ2n) is 6.80. The molecule has 1 aliphatic heterocycles. The minimum absolute atomic E-state index is 0.229. The standard InChI is InChI=1S/C16H32N2O/c1-4-18(11-15-6-5-9-19-15)16(12-17)8-7-13(2)14(3)10-16/h13-15H,4-12,17H2,1-3H3. The first-order chi connectivity index (χ1) is 9.11.